The highest BCUT2D eigenvalue weighted by Gasteiger charge is 2.12. The van der Waals surface area contributed by atoms with Crippen LogP contribution < -0.4 is 16.2 Å². The first-order valence-corrected chi connectivity index (χ1v) is 10.5. The van der Waals surface area contributed by atoms with Gasteiger partial charge >= 0.3 is 0 Å². The number of carbonyl (C=O) groups is 3. The van der Waals surface area contributed by atoms with Gasteiger partial charge in [-0.15, -0.1) is 0 Å². The van der Waals surface area contributed by atoms with Crippen LogP contribution in [0.5, 0.6) is 0 Å². The number of nitrogens with one attached hydrogen (secondary N) is 3. The minimum atomic E-state index is -0.457. The van der Waals surface area contributed by atoms with Crippen LogP contribution >= 0.6 is 11.8 Å². The maximum atomic E-state index is 12.3. The molecule has 0 saturated carbocycles. The third-order valence-electron chi connectivity index (χ3n) is 4.46. The van der Waals surface area contributed by atoms with Gasteiger partial charge in [0.2, 0.25) is 5.91 Å². The minimum absolute atomic E-state index is 0.175. The summed E-state index contributed by atoms with van der Waals surface area (Å²) in [4.78, 5) is 40.8. The predicted octanol–water partition coefficient (Wildman–Crippen LogP) is 2.84. The normalized spacial score (nSPS) is 10.4. The molecule has 1 heterocycles. The van der Waals surface area contributed by atoms with Crippen molar-refractivity contribution < 1.29 is 14.4 Å². The van der Waals surface area contributed by atoms with E-state index in [1.54, 1.807) is 36.5 Å². The molecule has 0 spiro atoms. The predicted molar refractivity (Wildman–Crippen MR) is 120 cm³/mol. The van der Waals surface area contributed by atoms with Crippen molar-refractivity contribution >= 4 is 35.2 Å². The van der Waals surface area contributed by atoms with E-state index in [4.69, 9.17) is 0 Å². The third-order valence-corrected chi connectivity index (χ3v) is 5.51. The standard InChI is InChI=1S/C22H23N5O3S/c1-14-4-9-18(15(2)12-14)21(30)26-25-20(29)16-5-7-17(8-6-16)24-19(28)13-31-22-23-10-11-27(22)3/h4-12H,13H2,1-3H3,(H,24,28)(H,25,29)(H,26,30). The number of aryl methyl sites for hydroxylation is 3. The Bertz CT molecular complexity index is 1110. The Morgan fingerprint density at radius 1 is 1.00 bits per heavy atom. The number of hydrogen-bond donors (Lipinski definition) is 3. The summed E-state index contributed by atoms with van der Waals surface area (Å²) in [6.07, 6.45) is 3.49. The van der Waals surface area contributed by atoms with E-state index in [0.717, 1.165) is 16.3 Å². The Balaban J connectivity index is 1.49. The molecule has 3 amide bonds. The summed E-state index contributed by atoms with van der Waals surface area (Å²) in [7, 11) is 1.86. The first kappa shape index (κ1) is 22.1. The Labute approximate surface area is 184 Å². The van der Waals surface area contributed by atoms with Gasteiger partial charge in [-0.3, -0.25) is 25.2 Å². The smallest absolute Gasteiger partial charge is 0.269 e. The van der Waals surface area contributed by atoms with E-state index in [1.807, 2.05) is 43.8 Å². The van der Waals surface area contributed by atoms with E-state index < -0.39 is 5.91 Å². The van der Waals surface area contributed by atoms with Crippen LogP contribution in [0.4, 0.5) is 5.69 Å². The average Bonchev–Trinajstić information content (AvgIpc) is 3.15. The Morgan fingerprint density at radius 3 is 2.35 bits per heavy atom. The van der Waals surface area contributed by atoms with Crippen molar-refractivity contribution in [3.63, 3.8) is 0 Å². The van der Waals surface area contributed by atoms with Gasteiger partial charge in [0.05, 0.1) is 5.75 Å². The fourth-order valence-corrected chi connectivity index (χ4v) is 3.58. The molecule has 0 bridgehead atoms. The number of benzene rings is 2. The van der Waals surface area contributed by atoms with Crippen LogP contribution in [-0.2, 0) is 11.8 Å². The Hall–Kier alpha value is -3.59. The maximum Gasteiger partial charge on any atom is 0.269 e. The van der Waals surface area contributed by atoms with Gasteiger partial charge in [-0.05, 0) is 49.7 Å². The summed E-state index contributed by atoms with van der Waals surface area (Å²) in [6.45, 7) is 3.79. The number of hydrazine groups is 1. The molecule has 0 saturated heterocycles. The summed E-state index contributed by atoms with van der Waals surface area (Å²) in [6, 6.07) is 11.9. The molecule has 2 aromatic carbocycles. The van der Waals surface area contributed by atoms with Gasteiger partial charge in [0.15, 0.2) is 5.16 Å². The molecule has 0 atom stereocenters. The first-order valence-electron chi connectivity index (χ1n) is 9.51. The summed E-state index contributed by atoms with van der Waals surface area (Å²) in [5, 5.41) is 3.53. The Morgan fingerprint density at radius 2 is 1.71 bits per heavy atom. The molecule has 0 fully saturated rings. The lowest BCUT2D eigenvalue weighted by Crippen LogP contribution is -2.41. The van der Waals surface area contributed by atoms with Gasteiger partial charge < -0.3 is 9.88 Å². The van der Waals surface area contributed by atoms with Gasteiger partial charge in [0.1, 0.15) is 0 Å². The van der Waals surface area contributed by atoms with Gasteiger partial charge in [-0.25, -0.2) is 4.98 Å². The lowest BCUT2D eigenvalue weighted by molar-refractivity contribution is -0.113. The van der Waals surface area contributed by atoms with Gasteiger partial charge in [0, 0.05) is 36.3 Å². The molecule has 0 radical (unpaired) electrons. The lowest BCUT2D eigenvalue weighted by atomic mass is 10.1. The van der Waals surface area contributed by atoms with E-state index in [1.165, 1.54) is 11.8 Å². The molecule has 1 aromatic heterocycles. The van der Waals surface area contributed by atoms with Gasteiger partial charge in [-0.1, -0.05) is 29.5 Å². The molecule has 0 unspecified atom stereocenters. The molecular formula is C22H23N5O3S. The van der Waals surface area contributed by atoms with E-state index >= 15 is 0 Å². The number of hydrogen-bond acceptors (Lipinski definition) is 5. The van der Waals surface area contributed by atoms with Crippen LogP contribution in [0.3, 0.4) is 0 Å². The van der Waals surface area contributed by atoms with Crippen LogP contribution in [0.25, 0.3) is 0 Å². The zero-order valence-electron chi connectivity index (χ0n) is 17.4. The highest BCUT2D eigenvalue weighted by molar-refractivity contribution is 7.99. The molecule has 160 valence electrons. The van der Waals surface area contributed by atoms with Crippen molar-refractivity contribution in [1.29, 1.82) is 0 Å². The summed E-state index contributed by atoms with van der Waals surface area (Å²) < 4.78 is 1.84. The minimum Gasteiger partial charge on any atom is -0.329 e. The topological polar surface area (TPSA) is 105 Å². The molecule has 0 aliphatic heterocycles. The van der Waals surface area contributed by atoms with Crippen molar-refractivity contribution in [2.45, 2.75) is 19.0 Å². The second-order valence-electron chi connectivity index (χ2n) is 6.96. The van der Waals surface area contributed by atoms with Crippen LogP contribution in [-0.4, -0.2) is 33.0 Å². The summed E-state index contributed by atoms with van der Waals surface area (Å²) in [5.74, 6) is -0.801. The van der Waals surface area contributed by atoms with E-state index in [9.17, 15) is 14.4 Å². The van der Waals surface area contributed by atoms with Crippen LogP contribution in [0, 0.1) is 13.8 Å². The number of nitrogens with zero attached hydrogens (tertiary/aromatic N) is 2. The number of aromatic nitrogens is 2. The maximum absolute atomic E-state index is 12.3. The number of thioether (sulfide) groups is 1. The highest BCUT2D eigenvalue weighted by atomic mass is 32.2. The molecule has 3 aromatic rings. The van der Waals surface area contributed by atoms with E-state index in [2.05, 4.69) is 21.2 Å². The number of carbonyl (C=O) groups excluding carboxylic acids is 3. The highest BCUT2D eigenvalue weighted by Crippen LogP contribution is 2.16. The van der Waals surface area contributed by atoms with Crippen molar-refractivity contribution in [2.75, 3.05) is 11.1 Å². The Kier molecular flexibility index (Phi) is 7.09. The summed E-state index contributed by atoms with van der Waals surface area (Å²) >= 11 is 1.33. The molecule has 3 rings (SSSR count). The van der Waals surface area contributed by atoms with E-state index in [-0.39, 0.29) is 17.6 Å². The molecule has 0 aliphatic carbocycles. The van der Waals surface area contributed by atoms with Crippen molar-refractivity contribution in [3.05, 3.63) is 77.1 Å². The SMILES string of the molecule is Cc1ccc(C(=O)NNC(=O)c2ccc(NC(=O)CSc3nccn3C)cc2)c(C)c1. The van der Waals surface area contributed by atoms with Crippen molar-refractivity contribution in [1.82, 2.24) is 20.4 Å². The zero-order valence-corrected chi connectivity index (χ0v) is 18.2. The molecular weight excluding hydrogens is 414 g/mol. The number of imidazole rings is 1. The molecule has 0 aliphatic rings. The van der Waals surface area contributed by atoms with Crippen molar-refractivity contribution in [2.24, 2.45) is 7.05 Å². The zero-order chi connectivity index (χ0) is 22.4. The van der Waals surface area contributed by atoms with Crippen molar-refractivity contribution in [3.8, 4) is 0 Å². The number of anilines is 1. The first-order chi connectivity index (χ1) is 14.8. The number of rotatable bonds is 6. The van der Waals surface area contributed by atoms with Gasteiger partial charge in [0.25, 0.3) is 11.8 Å². The fourth-order valence-electron chi connectivity index (χ4n) is 2.84. The number of amides is 3. The lowest BCUT2D eigenvalue weighted by Gasteiger charge is -2.10. The third kappa shape index (κ3) is 5.95. The average molecular weight is 438 g/mol. The molecule has 3 N–H and O–H groups in total. The second-order valence-corrected chi connectivity index (χ2v) is 7.90. The fraction of sp³-hybridized carbons (Fsp3) is 0.182. The van der Waals surface area contributed by atoms with Crippen LogP contribution in [0.2, 0.25) is 0 Å². The summed E-state index contributed by atoms with van der Waals surface area (Å²) in [5.41, 5.74) is 8.12. The second kappa shape index (κ2) is 9.94. The monoisotopic (exact) mass is 437 g/mol. The molecule has 31 heavy (non-hydrogen) atoms. The largest absolute Gasteiger partial charge is 0.329 e. The van der Waals surface area contributed by atoms with Crippen LogP contribution in [0.15, 0.2) is 60.0 Å². The molecule has 8 nitrogen and oxygen atoms in total. The quantitative estimate of drug-likeness (QED) is 0.406. The molecule has 9 heteroatoms. The van der Waals surface area contributed by atoms with Crippen LogP contribution in [0.1, 0.15) is 31.8 Å². The van der Waals surface area contributed by atoms with E-state index in [0.29, 0.717) is 16.8 Å². The van der Waals surface area contributed by atoms with Gasteiger partial charge in [-0.2, -0.15) is 0 Å².